The van der Waals surface area contributed by atoms with Gasteiger partial charge in [-0.15, -0.1) is 0 Å². The third-order valence-corrected chi connectivity index (χ3v) is 3.55. The summed E-state index contributed by atoms with van der Waals surface area (Å²) in [6.45, 7) is 2.05. The van der Waals surface area contributed by atoms with Crippen LogP contribution < -0.4 is 5.73 Å². The summed E-state index contributed by atoms with van der Waals surface area (Å²) in [5.74, 6) is 1.06. The van der Waals surface area contributed by atoms with E-state index >= 15 is 0 Å². The Morgan fingerprint density at radius 2 is 2.25 bits per heavy atom. The minimum atomic E-state index is 0.124. The van der Waals surface area contributed by atoms with Crippen LogP contribution in [0.2, 0.25) is 0 Å². The Morgan fingerprint density at radius 1 is 1.44 bits per heavy atom. The van der Waals surface area contributed by atoms with Gasteiger partial charge >= 0.3 is 0 Å². The Kier molecular flexibility index (Phi) is 2.04. The molecule has 16 heavy (non-hydrogen) atoms. The lowest BCUT2D eigenvalue weighted by atomic mass is 10.1. The smallest absolute Gasteiger partial charge is 0.110 e. The van der Waals surface area contributed by atoms with Gasteiger partial charge in [-0.25, -0.2) is 4.98 Å². The van der Waals surface area contributed by atoms with Crippen molar-refractivity contribution in [3.63, 3.8) is 0 Å². The summed E-state index contributed by atoms with van der Waals surface area (Å²) in [6, 6.07) is 6.23. The van der Waals surface area contributed by atoms with Crippen LogP contribution in [0.4, 0.5) is 0 Å². The first-order valence-corrected chi connectivity index (χ1v) is 5.89. The van der Waals surface area contributed by atoms with Gasteiger partial charge in [-0.1, -0.05) is 6.07 Å². The second-order valence-corrected chi connectivity index (χ2v) is 4.92. The van der Waals surface area contributed by atoms with E-state index in [4.69, 9.17) is 5.73 Å². The molecule has 0 unspecified atom stereocenters. The maximum Gasteiger partial charge on any atom is 0.110 e. The highest BCUT2D eigenvalue weighted by molar-refractivity contribution is 5.53. The molecule has 0 radical (unpaired) electrons. The van der Waals surface area contributed by atoms with Crippen LogP contribution in [-0.2, 0) is 6.42 Å². The number of hydrogen-bond donors (Lipinski definition) is 1. The molecule has 3 nitrogen and oxygen atoms in total. The first-order chi connectivity index (χ1) is 7.68. The Labute approximate surface area is 95.3 Å². The van der Waals surface area contributed by atoms with Gasteiger partial charge in [0.1, 0.15) is 5.82 Å². The number of fused-ring (bicyclic) bond motifs is 1. The van der Waals surface area contributed by atoms with Crippen molar-refractivity contribution in [2.24, 2.45) is 5.73 Å². The molecule has 0 aliphatic heterocycles. The SMILES string of the molecule is Cc1nc(CCC2(N)CC2)c2ccccn12. The molecule has 1 fully saturated rings. The van der Waals surface area contributed by atoms with E-state index in [2.05, 4.69) is 27.7 Å². The van der Waals surface area contributed by atoms with Gasteiger partial charge in [0.25, 0.3) is 0 Å². The minimum Gasteiger partial charge on any atom is -0.325 e. The minimum absolute atomic E-state index is 0.124. The van der Waals surface area contributed by atoms with Crippen molar-refractivity contribution in [3.05, 3.63) is 35.9 Å². The maximum atomic E-state index is 6.11. The van der Waals surface area contributed by atoms with E-state index in [0.717, 1.165) is 18.7 Å². The molecule has 1 aliphatic carbocycles. The highest BCUT2D eigenvalue weighted by Gasteiger charge is 2.37. The lowest BCUT2D eigenvalue weighted by Crippen LogP contribution is -2.22. The molecule has 0 bridgehead atoms. The van der Waals surface area contributed by atoms with E-state index in [1.165, 1.54) is 24.1 Å². The molecule has 1 aliphatic rings. The quantitative estimate of drug-likeness (QED) is 0.851. The van der Waals surface area contributed by atoms with Gasteiger partial charge in [-0.3, -0.25) is 0 Å². The first-order valence-electron chi connectivity index (χ1n) is 5.89. The second-order valence-electron chi connectivity index (χ2n) is 4.92. The van der Waals surface area contributed by atoms with E-state index < -0.39 is 0 Å². The number of rotatable bonds is 3. The fourth-order valence-electron chi connectivity index (χ4n) is 2.23. The van der Waals surface area contributed by atoms with Gasteiger partial charge < -0.3 is 10.1 Å². The zero-order chi connectivity index (χ0) is 11.2. The molecule has 84 valence electrons. The molecule has 0 amide bonds. The molecular formula is C13H17N3. The molecule has 0 spiro atoms. The van der Waals surface area contributed by atoms with Crippen molar-refractivity contribution in [3.8, 4) is 0 Å². The Bertz CT molecular complexity index is 523. The van der Waals surface area contributed by atoms with Crippen molar-refractivity contribution >= 4 is 5.52 Å². The number of nitrogens with two attached hydrogens (primary N) is 1. The van der Waals surface area contributed by atoms with Crippen LogP contribution in [-0.4, -0.2) is 14.9 Å². The van der Waals surface area contributed by atoms with Gasteiger partial charge in [0.2, 0.25) is 0 Å². The molecule has 3 heteroatoms. The number of hydrogen-bond acceptors (Lipinski definition) is 2. The fourth-order valence-corrected chi connectivity index (χ4v) is 2.23. The van der Waals surface area contributed by atoms with E-state index in [-0.39, 0.29) is 5.54 Å². The number of nitrogens with zero attached hydrogens (tertiary/aromatic N) is 2. The van der Waals surface area contributed by atoms with E-state index in [1.807, 2.05) is 13.0 Å². The lowest BCUT2D eigenvalue weighted by molar-refractivity contribution is 0.605. The van der Waals surface area contributed by atoms with Gasteiger partial charge in [0, 0.05) is 11.7 Å². The largest absolute Gasteiger partial charge is 0.325 e. The summed E-state index contributed by atoms with van der Waals surface area (Å²) in [6.07, 6.45) is 6.48. The summed E-state index contributed by atoms with van der Waals surface area (Å²) < 4.78 is 2.14. The average molecular weight is 215 g/mol. The number of aryl methyl sites for hydroxylation is 2. The molecule has 0 saturated heterocycles. The van der Waals surface area contributed by atoms with Crippen LogP contribution in [0.1, 0.15) is 30.8 Å². The molecular weight excluding hydrogens is 198 g/mol. The Balaban J connectivity index is 1.91. The highest BCUT2D eigenvalue weighted by Crippen LogP contribution is 2.36. The normalized spacial score (nSPS) is 17.9. The third kappa shape index (κ3) is 1.61. The molecule has 2 N–H and O–H groups in total. The molecule has 2 heterocycles. The number of imidazole rings is 1. The maximum absolute atomic E-state index is 6.11. The summed E-state index contributed by atoms with van der Waals surface area (Å²) in [4.78, 5) is 4.63. The van der Waals surface area contributed by atoms with Crippen molar-refractivity contribution in [2.45, 2.75) is 38.1 Å². The van der Waals surface area contributed by atoms with Gasteiger partial charge in [-0.2, -0.15) is 0 Å². The van der Waals surface area contributed by atoms with Crippen molar-refractivity contribution < 1.29 is 0 Å². The molecule has 0 aromatic carbocycles. The number of pyridine rings is 1. The van der Waals surface area contributed by atoms with E-state index in [9.17, 15) is 0 Å². The predicted octanol–water partition coefficient (Wildman–Crippen LogP) is 2.07. The Morgan fingerprint density at radius 3 is 3.00 bits per heavy atom. The molecule has 1 saturated carbocycles. The highest BCUT2D eigenvalue weighted by atomic mass is 15.0. The van der Waals surface area contributed by atoms with Gasteiger partial charge in [0.05, 0.1) is 11.2 Å². The van der Waals surface area contributed by atoms with E-state index in [0.29, 0.717) is 0 Å². The summed E-state index contributed by atoms with van der Waals surface area (Å²) in [7, 11) is 0. The molecule has 2 aromatic heterocycles. The Hall–Kier alpha value is -1.35. The number of aromatic nitrogens is 2. The standard InChI is InChI=1S/C13H17N3/c1-10-15-11(5-6-13(14)7-8-13)12-4-2-3-9-16(10)12/h2-4,9H,5-8,14H2,1H3. The summed E-state index contributed by atoms with van der Waals surface area (Å²) >= 11 is 0. The van der Waals surface area contributed by atoms with E-state index in [1.54, 1.807) is 0 Å². The van der Waals surface area contributed by atoms with Crippen molar-refractivity contribution in [1.82, 2.24) is 9.38 Å². The summed E-state index contributed by atoms with van der Waals surface area (Å²) in [5.41, 5.74) is 8.65. The van der Waals surface area contributed by atoms with Crippen LogP contribution in [0.15, 0.2) is 24.4 Å². The predicted molar refractivity (Wildman–Crippen MR) is 64.4 cm³/mol. The summed E-state index contributed by atoms with van der Waals surface area (Å²) in [5, 5.41) is 0. The topological polar surface area (TPSA) is 43.3 Å². The average Bonchev–Trinajstić information content (AvgIpc) is 2.94. The zero-order valence-electron chi connectivity index (χ0n) is 9.61. The van der Waals surface area contributed by atoms with Crippen LogP contribution >= 0.6 is 0 Å². The van der Waals surface area contributed by atoms with Crippen molar-refractivity contribution in [2.75, 3.05) is 0 Å². The molecule has 0 atom stereocenters. The first kappa shape index (κ1) is 9.85. The van der Waals surface area contributed by atoms with Crippen LogP contribution in [0.25, 0.3) is 5.52 Å². The van der Waals surface area contributed by atoms with Gasteiger partial charge in [0.15, 0.2) is 0 Å². The van der Waals surface area contributed by atoms with Gasteiger partial charge in [-0.05, 0) is 44.7 Å². The monoisotopic (exact) mass is 215 g/mol. The fraction of sp³-hybridized carbons (Fsp3) is 0.462. The third-order valence-electron chi connectivity index (χ3n) is 3.55. The zero-order valence-corrected chi connectivity index (χ0v) is 9.61. The molecule has 3 rings (SSSR count). The van der Waals surface area contributed by atoms with Crippen molar-refractivity contribution in [1.29, 1.82) is 0 Å². The lowest BCUT2D eigenvalue weighted by Gasteiger charge is -2.06. The van der Waals surface area contributed by atoms with Crippen LogP contribution in [0, 0.1) is 6.92 Å². The van der Waals surface area contributed by atoms with Crippen LogP contribution in [0.3, 0.4) is 0 Å². The van der Waals surface area contributed by atoms with Crippen LogP contribution in [0.5, 0.6) is 0 Å². The second kappa shape index (κ2) is 3.32. The molecule has 2 aromatic rings.